The van der Waals surface area contributed by atoms with E-state index in [1.165, 1.54) is 25.7 Å². The molecule has 6 rings (SSSR count). The second kappa shape index (κ2) is 8.00. The first-order chi connectivity index (χ1) is 9.24. The zero-order valence-corrected chi connectivity index (χ0v) is 12.5. The molecule has 0 aliphatic heterocycles. The molecule has 2 heteroatoms. The van der Waals surface area contributed by atoms with Crippen LogP contribution >= 0.6 is 0 Å². The van der Waals surface area contributed by atoms with Crippen molar-refractivity contribution in [3.63, 3.8) is 0 Å². The fraction of sp³-hybridized carbons (Fsp3) is 0.529. The molecular weight excluding hydrogens is 232 g/mol. The van der Waals surface area contributed by atoms with Gasteiger partial charge in [0.1, 0.15) is 0 Å². The number of allylic oxidation sites excluding steroid dienone is 6. The first-order valence-corrected chi connectivity index (χ1v) is 7.36. The predicted molar refractivity (Wildman–Crippen MR) is 84.6 cm³/mol. The van der Waals surface area contributed by atoms with Crippen molar-refractivity contribution in [2.24, 2.45) is 5.73 Å². The fourth-order valence-electron chi connectivity index (χ4n) is 2.44. The van der Waals surface area contributed by atoms with Gasteiger partial charge in [-0.2, -0.15) is 0 Å². The lowest BCUT2D eigenvalue weighted by Crippen LogP contribution is -2.23. The van der Waals surface area contributed by atoms with Gasteiger partial charge in [-0.05, 0) is 38.5 Å². The molecule has 6 aliphatic rings. The van der Waals surface area contributed by atoms with Crippen molar-refractivity contribution in [3.05, 3.63) is 47.2 Å². The molecule has 0 atom stereocenters. The average Bonchev–Trinajstić information content (AvgIpc) is 2.38. The van der Waals surface area contributed by atoms with Crippen LogP contribution in [0.5, 0.6) is 0 Å². The molecule has 0 saturated heterocycles. The van der Waals surface area contributed by atoms with E-state index in [0.717, 1.165) is 18.5 Å². The second-order valence-electron chi connectivity index (χ2n) is 4.93. The molecule has 106 valence electrons. The standard InChI is InChI=1S/C8H8.C7H14N2.C2H6/c1-5-2-6(1)8-3-7(5)4-8;1-3-4-5-7(2)9-6-8;1-2/h1-4H2;3,9H,1-2,4-6,8H2;1-2H3. The SMILES string of the molecule is C1C2=C3CC(=C1C2)C3.C=CCCC(=C)NCN.CC. The van der Waals surface area contributed by atoms with Crippen LogP contribution in [0.1, 0.15) is 52.4 Å². The van der Waals surface area contributed by atoms with Crippen molar-refractivity contribution in [3.8, 4) is 0 Å². The van der Waals surface area contributed by atoms with Gasteiger partial charge in [0, 0.05) is 5.70 Å². The Morgan fingerprint density at radius 3 is 1.79 bits per heavy atom. The predicted octanol–water partition coefficient (Wildman–Crippen LogP) is 4.18. The summed E-state index contributed by atoms with van der Waals surface area (Å²) in [5, 5.41) is 2.92. The molecule has 0 spiro atoms. The Kier molecular flexibility index (Phi) is 6.65. The molecule has 4 bridgehead atoms. The van der Waals surface area contributed by atoms with Gasteiger partial charge in [0.2, 0.25) is 0 Å². The summed E-state index contributed by atoms with van der Waals surface area (Å²) in [6.07, 6.45) is 9.28. The summed E-state index contributed by atoms with van der Waals surface area (Å²) in [5.74, 6) is 0. The third-order valence-electron chi connectivity index (χ3n) is 3.71. The van der Waals surface area contributed by atoms with Crippen LogP contribution in [0.15, 0.2) is 47.2 Å². The molecular formula is C17H28N2. The van der Waals surface area contributed by atoms with Crippen LogP contribution in [0.2, 0.25) is 0 Å². The molecule has 19 heavy (non-hydrogen) atoms. The summed E-state index contributed by atoms with van der Waals surface area (Å²) in [6, 6.07) is 0. The summed E-state index contributed by atoms with van der Waals surface area (Å²) in [5.41, 5.74) is 13.3. The summed E-state index contributed by atoms with van der Waals surface area (Å²) in [4.78, 5) is 0. The number of nitrogens with one attached hydrogen (secondary N) is 1. The van der Waals surface area contributed by atoms with Crippen LogP contribution < -0.4 is 11.1 Å². The van der Waals surface area contributed by atoms with Gasteiger partial charge in [0.15, 0.2) is 0 Å². The number of nitrogens with two attached hydrogens (primary N) is 1. The van der Waals surface area contributed by atoms with Crippen LogP contribution in [-0.2, 0) is 0 Å². The Morgan fingerprint density at radius 1 is 1.11 bits per heavy atom. The highest BCUT2D eigenvalue weighted by Gasteiger charge is 2.35. The largest absolute Gasteiger partial charge is 0.376 e. The molecule has 6 aliphatic carbocycles. The Morgan fingerprint density at radius 2 is 1.53 bits per heavy atom. The van der Waals surface area contributed by atoms with E-state index < -0.39 is 0 Å². The maximum Gasteiger partial charge on any atom is 0.0624 e. The zero-order valence-electron chi connectivity index (χ0n) is 12.5. The van der Waals surface area contributed by atoms with E-state index in [4.69, 9.17) is 5.73 Å². The average molecular weight is 260 g/mol. The van der Waals surface area contributed by atoms with Crippen molar-refractivity contribution in [1.29, 1.82) is 0 Å². The Bertz CT molecular complexity index is 333. The quantitative estimate of drug-likeness (QED) is 0.575. The minimum atomic E-state index is 0.468. The summed E-state index contributed by atoms with van der Waals surface area (Å²) in [6.45, 7) is 11.8. The minimum absolute atomic E-state index is 0.468. The van der Waals surface area contributed by atoms with Gasteiger partial charge >= 0.3 is 0 Å². The topological polar surface area (TPSA) is 38.0 Å². The summed E-state index contributed by atoms with van der Waals surface area (Å²) >= 11 is 0. The lowest BCUT2D eigenvalue weighted by molar-refractivity contribution is 0.650. The van der Waals surface area contributed by atoms with Crippen LogP contribution in [-0.4, -0.2) is 6.67 Å². The third-order valence-corrected chi connectivity index (χ3v) is 3.71. The monoisotopic (exact) mass is 260 g/mol. The van der Waals surface area contributed by atoms with E-state index in [1.54, 1.807) is 22.3 Å². The lowest BCUT2D eigenvalue weighted by Gasteiger charge is -2.42. The van der Waals surface area contributed by atoms with E-state index in [1.807, 2.05) is 19.9 Å². The summed E-state index contributed by atoms with van der Waals surface area (Å²) < 4.78 is 0. The van der Waals surface area contributed by atoms with Gasteiger partial charge in [0.05, 0.1) is 6.67 Å². The van der Waals surface area contributed by atoms with E-state index in [9.17, 15) is 0 Å². The minimum Gasteiger partial charge on any atom is -0.376 e. The van der Waals surface area contributed by atoms with Crippen molar-refractivity contribution in [1.82, 2.24) is 5.32 Å². The lowest BCUT2D eigenvalue weighted by atomic mass is 9.63. The maximum atomic E-state index is 5.20. The van der Waals surface area contributed by atoms with Crippen molar-refractivity contribution < 1.29 is 0 Å². The zero-order chi connectivity index (χ0) is 14.3. The van der Waals surface area contributed by atoms with E-state index >= 15 is 0 Å². The number of hydrogen-bond acceptors (Lipinski definition) is 2. The van der Waals surface area contributed by atoms with E-state index in [-0.39, 0.29) is 0 Å². The van der Waals surface area contributed by atoms with E-state index in [2.05, 4.69) is 18.5 Å². The number of rotatable bonds is 5. The molecule has 0 aromatic rings. The molecule has 2 saturated carbocycles. The van der Waals surface area contributed by atoms with Crippen LogP contribution in [0.25, 0.3) is 0 Å². The highest BCUT2D eigenvalue weighted by atomic mass is 15.0. The Hall–Kier alpha value is -1.28. The van der Waals surface area contributed by atoms with Crippen molar-refractivity contribution in [2.75, 3.05) is 6.67 Å². The van der Waals surface area contributed by atoms with Gasteiger partial charge in [-0.1, -0.05) is 48.8 Å². The first-order valence-electron chi connectivity index (χ1n) is 7.36. The van der Waals surface area contributed by atoms with Gasteiger partial charge in [-0.15, -0.1) is 6.58 Å². The molecule has 0 heterocycles. The maximum absolute atomic E-state index is 5.20. The van der Waals surface area contributed by atoms with Crippen molar-refractivity contribution in [2.45, 2.75) is 52.4 Å². The summed E-state index contributed by atoms with van der Waals surface area (Å²) in [7, 11) is 0. The first kappa shape index (κ1) is 15.8. The molecule has 0 amide bonds. The molecule has 0 aromatic heterocycles. The normalized spacial score (nSPS) is 17.0. The Balaban J connectivity index is 0.000000168. The molecule has 0 aromatic carbocycles. The number of hydrogen-bond donors (Lipinski definition) is 2. The third kappa shape index (κ3) is 4.10. The van der Waals surface area contributed by atoms with Crippen molar-refractivity contribution >= 4 is 0 Å². The molecule has 0 unspecified atom stereocenters. The second-order valence-corrected chi connectivity index (χ2v) is 4.93. The van der Waals surface area contributed by atoms with Gasteiger partial charge < -0.3 is 11.1 Å². The molecule has 3 N–H and O–H groups in total. The highest BCUT2D eigenvalue weighted by Crippen LogP contribution is 2.54. The molecule has 2 fully saturated rings. The van der Waals surface area contributed by atoms with Crippen LogP contribution in [0.3, 0.4) is 0 Å². The van der Waals surface area contributed by atoms with Gasteiger partial charge in [-0.3, -0.25) is 0 Å². The highest BCUT2D eigenvalue weighted by molar-refractivity contribution is 5.54. The van der Waals surface area contributed by atoms with Crippen LogP contribution in [0.4, 0.5) is 0 Å². The van der Waals surface area contributed by atoms with Gasteiger partial charge in [-0.25, -0.2) is 0 Å². The Labute approximate surface area is 118 Å². The van der Waals surface area contributed by atoms with Gasteiger partial charge in [0.25, 0.3) is 0 Å². The molecule has 2 nitrogen and oxygen atoms in total. The smallest absolute Gasteiger partial charge is 0.0624 e. The van der Waals surface area contributed by atoms with E-state index in [0.29, 0.717) is 6.67 Å². The van der Waals surface area contributed by atoms with Crippen LogP contribution in [0, 0.1) is 0 Å². The fourth-order valence-corrected chi connectivity index (χ4v) is 2.44. The molecule has 0 radical (unpaired) electrons.